The lowest BCUT2D eigenvalue weighted by Crippen LogP contribution is -2.69. The number of aliphatic hydroxyl groups is 8. The zero-order valence-electron chi connectivity index (χ0n) is 21.2. The summed E-state index contributed by atoms with van der Waals surface area (Å²) in [6.07, 6.45) is -24.3. The fourth-order valence-corrected chi connectivity index (χ4v) is 5.16. The molecule has 234 valence electrons. The van der Waals surface area contributed by atoms with Crippen molar-refractivity contribution in [2.24, 2.45) is 0 Å². The summed E-state index contributed by atoms with van der Waals surface area (Å²) in [5, 5.41) is 84.1. The number of hydrogen-bond donors (Lipinski definition) is 10. The molecule has 0 aromatic heterocycles. The maximum Gasteiger partial charge on any atom is 0.397 e. The summed E-state index contributed by atoms with van der Waals surface area (Å²) in [7, 11) is -5.17. The summed E-state index contributed by atoms with van der Waals surface area (Å²) in [6.45, 7) is 0.571. The quantitative estimate of drug-likeness (QED) is 0.109. The van der Waals surface area contributed by atoms with Crippen LogP contribution in [-0.4, -0.2) is 165 Å². The van der Waals surface area contributed by atoms with Gasteiger partial charge in [-0.3, -0.25) is 9.35 Å². The predicted molar refractivity (Wildman–Crippen MR) is 122 cm³/mol. The number of carbonyl (C=O) groups excluding carboxylic acids is 1. The number of hydrogen-bond acceptors (Lipinski definition) is 17. The Kier molecular flexibility index (Phi) is 11.2. The highest BCUT2D eigenvalue weighted by Crippen LogP contribution is 2.33. The fraction of sp³-hybridized carbons (Fsp3) is 0.950. The lowest BCUT2D eigenvalue weighted by atomic mass is 9.94. The summed E-state index contributed by atoms with van der Waals surface area (Å²) in [5.74, 6) is -0.702. The smallest absolute Gasteiger partial charge is 0.394 e. The van der Waals surface area contributed by atoms with Crippen LogP contribution in [0.25, 0.3) is 0 Å². The molecular weight excluding hydrogens is 574 g/mol. The molecule has 1 amide bonds. The first-order chi connectivity index (χ1) is 18.6. The van der Waals surface area contributed by atoms with Crippen LogP contribution in [-0.2, 0) is 43.1 Å². The lowest BCUT2D eigenvalue weighted by molar-refractivity contribution is -0.369. The Morgan fingerprint density at radius 2 is 1.30 bits per heavy atom. The van der Waals surface area contributed by atoms with E-state index < -0.39 is 122 Å². The van der Waals surface area contributed by atoms with Gasteiger partial charge in [-0.25, -0.2) is 4.18 Å². The number of aliphatic hydroxyl groups excluding tert-OH is 8. The van der Waals surface area contributed by atoms with Crippen molar-refractivity contribution in [3.05, 3.63) is 0 Å². The van der Waals surface area contributed by atoms with Crippen molar-refractivity contribution in [3.63, 3.8) is 0 Å². The minimum absolute atomic E-state index is 0.702. The van der Waals surface area contributed by atoms with Crippen LogP contribution in [0.5, 0.6) is 0 Å². The van der Waals surface area contributed by atoms with E-state index in [2.05, 4.69) is 9.50 Å². The summed E-state index contributed by atoms with van der Waals surface area (Å²) < 4.78 is 63.2. The molecule has 3 rings (SSSR count). The molecule has 3 fully saturated rings. The van der Waals surface area contributed by atoms with Gasteiger partial charge >= 0.3 is 10.4 Å². The molecule has 3 saturated heterocycles. The molecule has 0 spiro atoms. The molecule has 40 heavy (non-hydrogen) atoms. The van der Waals surface area contributed by atoms with Crippen LogP contribution in [0.3, 0.4) is 0 Å². The molecule has 15 atom stereocenters. The molecule has 0 saturated carbocycles. The zero-order valence-corrected chi connectivity index (χ0v) is 22.0. The van der Waals surface area contributed by atoms with Gasteiger partial charge in [-0.2, -0.15) is 8.42 Å². The van der Waals surface area contributed by atoms with E-state index >= 15 is 0 Å². The molecule has 10 N–H and O–H groups in total. The fourth-order valence-electron chi connectivity index (χ4n) is 4.64. The highest BCUT2D eigenvalue weighted by atomic mass is 32.3. The number of rotatable bonds is 9. The molecule has 3 aliphatic heterocycles. The summed E-state index contributed by atoms with van der Waals surface area (Å²) in [4.78, 5) is 11.9. The second-order valence-corrected chi connectivity index (χ2v) is 10.6. The van der Waals surface area contributed by atoms with Gasteiger partial charge in [0.05, 0.1) is 19.3 Å². The number of amides is 1. The number of ether oxygens (including phenoxy) is 5. The Morgan fingerprint density at radius 3 is 1.85 bits per heavy atom. The maximum absolute atomic E-state index is 11.9. The third-order valence-electron chi connectivity index (χ3n) is 6.66. The normalized spacial score (nSPS) is 46.6. The van der Waals surface area contributed by atoms with Crippen LogP contribution < -0.4 is 5.32 Å². The lowest BCUT2D eigenvalue weighted by Gasteiger charge is -2.49. The Balaban J connectivity index is 1.93. The number of carbonyl (C=O) groups is 1. The first kappa shape index (κ1) is 33.3. The van der Waals surface area contributed by atoms with E-state index in [9.17, 15) is 54.1 Å². The standard InChI is InChI=1S/C20H35NO18S/c1-5-10(25)11(26)13(28)19(34-5)38-17-9(21-6(2)24)18(30)35-8(4-23)16(17)37-20-14(29)12(27)15(7(3-22)36-20)39-40(31,32)33/h5,7-20,22-23,25-30H,3-4H2,1-2H3,(H,21,24)(H,31,32,33)/t5-,7-,8-,9-,10+,11+,12-,13-,14-,15+,16-,17-,18-,19-,20+/m1/s1. The molecule has 0 unspecified atom stereocenters. The second-order valence-electron chi connectivity index (χ2n) is 9.55. The summed E-state index contributed by atoms with van der Waals surface area (Å²) in [5.41, 5.74) is 0. The van der Waals surface area contributed by atoms with Gasteiger partial charge in [0.25, 0.3) is 0 Å². The van der Waals surface area contributed by atoms with Crippen LogP contribution in [0.1, 0.15) is 13.8 Å². The minimum Gasteiger partial charge on any atom is -0.394 e. The van der Waals surface area contributed by atoms with Gasteiger partial charge in [-0.05, 0) is 6.92 Å². The monoisotopic (exact) mass is 609 g/mol. The van der Waals surface area contributed by atoms with Gasteiger partial charge in [0, 0.05) is 6.92 Å². The Labute approximate surface area is 227 Å². The first-order valence-corrected chi connectivity index (χ1v) is 13.5. The van der Waals surface area contributed by atoms with Gasteiger partial charge in [0.15, 0.2) is 18.9 Å². The van der Waals surface area contributed by atoms with Crippen molar-refractivity contribution in [2.45, 2.75) is 106 Å². The second kappa shape index (κ2) is 13.4. The Hall–Kier alpha value is -1.18. The zero-order chi connectivity index (χ0) is 30.1. The van der Waals surface area contributed by atoms with Gasteiger partial charge < -0.3 is 69.9 Å². The van der Waals surface area contributed by atoms with E-state index in [-0.39, 0.29) is 0 Å². The van der Waals surface area contributed by atoms with E-state index in [1.165, 1.54) is 6.92 Å². The highest BCUT2D eigenvalue weighted by Gasteiger charge is 2.54. The SMILES string of the molecule is CC(=O)N[C@@H]1[C@@H](O[C@H]2O[C@H](C)[C@H](O)[C@H](O)[C@H]2O)[C@H](O[C@@H]2O[C@H](CO)[C@H](OS(=O)(=O)O)[C@H](O)[C@H]2O)[C@@H](CO)O[C@H]1O. The van der Waals surface area contributed by atoms with Crippen LogP contribution >= 0.6 is 0 Å². The van der Waals surface area contributed by atoms with Gasteiger partial charge in [0.2, 0.25) is 5.91 Å². The number of nitrogens with one attached hydrogen (secondary N) is 1. The third kappa shape index (κ3) is 7.42. The van der Waals surface area contributed by atoms with Crippen LogP contribution in [0.15, 0.2) is 0 Å². The highest BCUT2D eigenvalue weighted by molar-refractivity contribution is 7.80. The van der Waals surface area contributed by atoms with Crippen molar-refractivity contribution >= 4 is 16.3 Å². The van der Waals surface area contributed by atoms with Crippen LogP contribution in [0.2, 0.25) is 0 Å². The van der Waals surface area contributed by atoms with Crippen LogP contribution in [0, 0.1) is 0 Å². The summed E-state index contributed by atoms with van der Waals surface area (Å²) >= 11 is 0. The van der Waals surface area contributed by atoms with Gasteiger partial charge in [-0.15, -0.1) is 0 Å². The molecule has 3 aliphatic rings. The Bertz CT molecular complexity index is 954. The Morgan fingerprint density at radius 1 is 0.775 bits per heavy atom. The van der Waals surface area contributed by atoms with Crippen molar-refractivity contribution in [2.75, 3.05) is 13.2 Å². The topological polar surface area (TPSA) is 301 Å². The van der Waals surface area contributed by atoms with E-state index in [0.717, 1.165) is 6.92 Å². The van der Waals surface area contributed by atoms with E-state index in [1.54, 1.807) is 0 Å². The minimum atomic E-state index is -5.17. The molecule has 0 aliphatic carbocycles. The van der Waals surface area contributed by atoms with Crippen molar-refractivity contribution < 1.29 is 86.5 Å². The third-order valence-corrected chi connectivity index (χ3v) is 7.13. The van der Waals surface area contributed by atoms with E-state index in [0.29, 0.717) is 0 Å². The molecule has 0 bridgehead atoms. The average molecular weight is 610 g/mol. The first-order valence-electron chi connectivity index (χ1n) is 12.1. The van der Waals surface area contributed by atoms with Gasteiger partial charge in [0.1, 0.15) is 67.1 Å². The molecule has 3 heterocycles. The van der Waals surface area contributed by atoms with Crippen molar-refractivity contribution in [1.82, 2.24) is 5.32 Å². The molecule has 0 aromatic carbocycles. The van der Waals surface area contributed by atoms with Crippen molar-refractivity contribution in [3.8, 4) is 0 Å². The molecular formula is C20H35NO18S. The van der Waals surface area contributed by atoms with Crippen LogP contribution in [0.4, 0.5) is 0 Å². The van der Waals surface area contributed by atoms with E-state index in [1.807, 2.05) is 0 Å². The molecule has 20 heteroatoms. The van der Waals surface area contributed by atoms with Crippen molar-refractivity contribution in [1.29, 1.82) is 0 Å². The average Bonchev–Trinajstić information content (AvgIpc) is 2.87. The summed E-state index contributed by atoms with van der Waals surface area (Å²) in [6, 6.07) is -1.50. The predicted octanol–water partition coefficient (Wildman–Crippen LogP) is -6.57. The molecule has 0 radical (unpaired) electrons. The van der Waals surface area contributed by atoms with E-state index in [4.69, 9.17) is 28.2 Å². The van der Waals surface area contributed by atoms with Gasteiger partial charge in [-0.1, -0.05) is 0 Å². The molecule has 0 aromatic rings. The maximum atomic E-state index is 11.9. The largest absolute Gasteiger partial charge is 0.397 e. The molecule has 19 nitrogen and oxygen atoms in total.